The lowest BCUT2D eigenvalue weighted by molar-refractivity contribution is 0.491. The molecule has 0 atom stereocenters. The molecule has 0 amide bonds. The summed E-state index contributed by atoms with van der Waals surface area (Å²) < 4.78 is 29.9. The van der Waals surface area contributed by atoms with Crippen LogP contribution in [-0.2, 0) is 10.1 Å². The smallest absolute Gasteiger partial charge is 0.282 e. The molecule has 0 fully saturated rings. The Bertz CT molecular complexity index is 404. The monoisotopic (exact) mass is 198 g/mol. The zero-order valence-electron chi connectivity index (χ0n) is 7.14. The first-order valence-electron chi connectivity index (χ1n) is 3.71. The molecule has 0 bridgehead atoms. The Labute approximate surface area is 77.5 Å². The lowest BCUT2D eigenvalue weighted by atomic mass is 10.2. The number of hydrogen-bond donors (Lipinski definition) is 1. The molecule has 70 valence electrons. The number of allylic oxidation sites excluding steroid dienone is 1. The standard InChI is InChI=1S/C9H10O3S/c1-8(13(10,11)12)7-9-5-3-2-4-6-9/h2-7H,1H3,(H,10,11,12). The highest BCUT2D eigenvalue weighted by Gasteiger charge is 2.06. The highest BCUT2D eigenvalue weighted by molar-refractivity contribution is 7.89. The predicted octanol–water partition coefficient (Wildman–Crippen LogP) is 1.94. The summed E-state index contributed by atoms with van der Waals surface area (Å²) in [6.07, 6.45) is 1.41. The van der Waals surface area contributed by atoms with E-state index in [1.54, 1.807) is 24.3 Å². The Balaban J connectivity index is 3.04. The van der Waals surface area contributed by atoms with Crippen LogP contribution in [0.5, 0.6) is 0 Å². The third-order valence-corrected chi connectivity index (χ3v) is 2.51. The first-order chi connectivity index (χ1) is 6.00. The number of hydrogen-bond acceptors (Lipinski definition) is 2. The molecule has 0 aliphatic carbocycles. The van der Waals surface area contributed by atoms with E-state index in [1.165, 1.54) is 13.0 Å². The van der Waals surface area contributed by atoms with Crippen molar-refractivity contribution in [2.75, 3.05) is 0 Å². The van der Waals surface area contributed by atoms with Crippen LogP contribution in [0.1, 0.15) is 12.5 Å². The van der Waals surface area contributed by atoms with Crippen molar-refractivity contribution in [2.45, 2.75) is 6.92 Å². The van der Waals surface area contributed by atoms with Gasteiger partial charge in [0.15, 0.2) is 0 Å². The van der Waals surface area contributed by atoms with Crippen molar-refractivity contribution in [3.05, 3.63) is 40.8 Å². The first kappa shape index (κ1) is 9.95. The minimum absolute atomic E-state index is 0.0568. The Morgan fingerprint density at radius 3 is 2.31 bits per heavy atom. The van der Waals surface area contributed by atoms with Crippen LogP contribution >= 0.6 is 0 Å². The minimum Gasteiger partial charge on any atom is -0.282 e. The molecule has 0 saturated carbocycles. The summed E-state index contributed by atoms with van der Waals surface area (Å²) in [7, 11) is -4.04. The molecule has 0 heterocycles. The van der Waals surface area contributed by atoms with Crippen LogP contribution in [0.15, 0.2) is 35.2 Å². The SMILES string of the molecule is CC(=Cc1ccccc1)S(=O)(=O)O. The highest BCUT2D eigenvalue weighted by Crippen LogP contribution is 2.09. The summed E-state index contributed by atoms with van der Waals surface area (Å²) in [5, 5.41) is 0. The van der Waals surface area contributed by atoms with E-state index in [2.05, 4.69) is 0 Å². The van der Waals surface area contributed by atoms with E-state index < -0.39 is 10.1 Å². The summed E-state index contributed by atoms with van der Waals surface area (Å²) in [5.41, 5.74) is 0.748. The van der Waals surface area contributed by atoms with Gasteiger partial charge in [-0.2, -0.15) is 8.42 Å². The fourth-order valence-electron chi connectivity index (χ4n) is 0.858. The minimum atomic E-state index is -4.04. The lowest BCUT2D eigenvalue weighted by Gasteiger charge is -1.96. The van der Waals surface area contributed by atoms with Gasteiger partial charge in [0.05, 0.1) is 4.91 Å². The normalized spacial score (nSPS) is 12.9. The van der Waals surface area contributed by atoms with Crippen molar-refractivity contribution in [1.82, 2.24) is 0 Å². The van der Waals surface area contributed by atoms with Gasteiger partial charge in [-0.25, -0.2) is 0 Å². The molecule has 0 spiro atoms. The summed E-state index contributed by atoms with van der Waals surface area (Å²) in [6.45, 7) is 1.35. The second-order valence-electron chi connectivity index (χ2n) is 2.64. The molecule has 0 aliphatic heterocycles. The zero-order chi connectivity index (χ0) is 9.90. The topological polar surface area (TPSA) is 54.4 Å². The Kier molecular flexibility index (Phi) is 2.85. The van der Waals surface area contributed by atoms with Crippen LogP contribution in [0.2, 0.25) is 0 Å². The molecule has 0 aromatic heterocycles. The van der Waals surface area contributed by atoms with Crippen molar-refractivity contribution >= 4 is 16.2 Å². The predicted molar refractivity (Wildman–Crippen MR) is 51.6 cm³/mol. The van der Waals surface area contributed by atoms with E-state index in [0.29, 0.717) is 0 Å². The maximum absolute atomic E-state index is 10.6. The van der Waals surface area contributed by atoms with Crippen molar-refractivity contribution in [1.29, 1.82) is 0 Å². The molecule has 4 heteroatoms. The van der Waals surface area contributed by atoms with Gasteiger partial charge in [0.25, 0.3) is 10.1 Å². The van der Waals surface area contributed by atoms with Gasteiger partial charge in [-0.1, -0.05) is 30.3 Å². The summed E-state index contributed by atoms with van der Waals surface area (Å²) >= 11 is 0. The van der Waals surface area contributed by atoms with Crippen LogP contribution in [-0.4, -0.2) is 13.0 Å². The summed E-state index contributed by atoms with van der Waals surface area (Å²) in [4.78, 5) is -0.0568. The second-order valence-corrected chi connectivity index (χ2v) is 4.23. The molecular weight excluding hydrogens is 188 g/mol. The molecular formula is C9H10O3S. The third kappa shape index (κ3) is 3.01. The van der Waals surface area contributed by atoms with E-state index in [-0.39, 0.29) is 4.91 Å². The highest BCUT2D eigenvalue weighted by atomic mass is 32.2. The largest absolute Gasteiger partial charge is 0.290 e. The molecule has 3 nitrogen and oxygen atoms in total. The maximum atomic E-state index is 10.6. The van der Waals surface area contributed by atoms with E-state index >= 15 is 0 Å². The van der Waals surface area contributed by atoms with Gasteiger partial charge in [-0.15, -0.1) is 0 Å². The van der Waals surface area contributed by atoms with Gasteiger partial charge >= 0.3 is 0 Å². The van der Waals surface area contributed by atoms with Gasteiger partial charge in [0.1, 0.15) is 0 Å². The molecule has 1 N–H and O–H groups in total. The Hall–Kier alpha value is -1.13. The average Bonchev–Trinajstić information content (AvgIpc) is 2.04. The van der Waals surface area contributed by atoms with E-state index in [9.17, 15) is 8.42 Å². The van der Waals surface area contributed by atoms with Gasteiger partial charge in [-0.3, -0.25) is 4.55 Å². The first-order valence-corrected chi connectivity index (χ1v) is 5.15. The molecule has 0 radical (unpaired) electrons. The maximum Gasteiger partial charge on any atom is 0.290 e. The molecule has 1 aromatic rings. The Morgan fingerprint density at radius 1 is 1.31 bits per heavy atom. The van der Waals surface area contributed by atoms with Gasteiger partial charge in [-0.05, 0) is 18.6 Å². The summed E-state index contributed by atoms with van der Waals surface area (Å²) in [6, 6.07) is 8.94. The van der Waals surface area contributed by atoms with E-state index in [0.717, 1.165) is 5.56 Å². The van der Waals surface area contributed by atoms with Crippen LogP contribution in [0.25, 0.3) is 6.08 Å². The molecule has 1 rings (SSSR count). The van der Waals surface area contributed by atoms with Gasteiger partial charge in [0, 0.05) is 0 Å². The van der Waals surface area contributed by atoms with Gasteiger partial charge in [0.2, 0.25) is 0 Å². The molecule has 0 saturated heterocycles. The molecule has 0 unspecified atom stereocenters. The van der Waals surface area contributed by atoms with E-state index in [1.807, 2.05) is 6.07 Å². The Morgan fingerprint density at radius 2 is 1.85 bits per heavy atom. The van der Waals surface area contributed by atoms with Crippen molar-refractivity contribution in [2.24, 2.45) is 0 Å². The lowest BCUT2D eigenvalue weighted by Crippen LogP contribution is -1.97. The number of benzene rings is 1. The third-order valence-electron chi connectivity index (χ3n) is 1.58. The number of rotatable bonds is 2. The van der Waals surface area contributed by atoms with Crippen LogP contribution in [0.3, 0.4) is 0 Å². The van der Waals surface area contributed by atoms with Crippen LogP contribution in [0.4, 0.5) is 0 Å². The van der Waals surface area contributed by atoms with Crippen LogP contribution in [0, 0.1) is 0 Å². The van der Waals surface area contributed by atoms with Crippen molar-refractivity contribution in [3.8, 4) is 0 Å². The van der Waals surface area contributed by atoms with E-state index in [4.69, 9.17) is 4.55 Å². The molecule has 13 heavy (non-hydrogen) atoms. The van der Waals surface area contributed by atoms with Crippen molar-refractivity contribution < 1.29 is 13.0 Å². The van der Waals surface area contributed by atoms with Crippen molar-refractivity contribution in [3.63, 3.8) is 0 Å². The fourth-order valence-corrected chi connectivity index (χ4v) is 1.14. The van der Waals surface area contributed by atoms with Crippen LogP contribution < -0.4 is 0 Å². The molecule has 1 aromatic carbocycles. The quantitative estimate of drug-likeness (QED) is 0.739. The fraction of sp³-hybridized carbons (Fsp3) is 0.111. The zero-order valence-corrected chi connectivity index (χ0v) is 7.95. The second kappa shape index (κ2) is 3.72. The average molecular weight is 198 g/mol. The van der Waals surface area contributed by atoms with Gasteiger partial charge < -0.3 is 0 Å². The summed E-state index contributed by atoms with van der Waals surface area (Å²) in [5.74, 6) is 0. The molecule has 0 aliphatic rings.